The van der Waals surface area contributed by atoms with Crippen LogP contribution in [-0.2, 0) is 16.1 Å². The zero-order valence-electron chi connectivity index (χ0n) is 11.4. The van der Waals surface area contributed by atoms with Crippen LogP contribution in [0, 0.1) is 6.92 Å². The number of carbonyl (C=O) groups excluding carboxylic acids is 2. The van der Waals surface area contributed by atoms with Gasteiger partial charge in [-0.2, -0.15) is 0 Å². The van der Waals surface area contributed by atoms with Gasteiger partial charge in [-0.05, 0) is 42.3 Å². The van der Waals surface area contributed by atoms with Crippen LogP contribution in [0.3, 0.4) is 0 Å². The van der Waals surface area contributed by atoms with Gasteiger partial charge in [0, 0.05) is 29.1 Å². The van der Waals surface area contributed by atoms with Crippen molar-refractivity contribution in [1.82, 2.24) is 10.3 Å². The molecule has 0 spiro atoms. The molecular formula is C15H14BrN3O2. The molecule has 0 saturated heterocycles. The summed E-state index contributed by atoms with van der Waals surface area (Å²) in [6.07, 6.45) is 3.26. The molecule has 108 valence electrons. The predicted molar refractivity (Wildman–Crippen MR) is 83.6 cm³/mol. The van der Waals surface area contributed by atoms with E-state index in [0.717, 1.165) is 15.6 Å². The van der Waals surface area contributed by atoms with Crippen molar-refractivity contribution >= 4 is 33.4 Å². The van der Waals surface area contributed by atoms with Gasteiger partial charge in [-0.3, -0.25) is 14.6 Å². The van der Waals surface area contributed by atoms with Crippen molar-refractivity contribution in [3.8, 4) is 0 Å². The van der Waals surface area contributed by atoms with E-state index in [1.807, 2.05) is 13.0 Å². The molecule has 0 fully saturated rings. The molecule has 0 atom stereocenters. The van der Waals surface area contributed by atoms with Gasteiger partial charge < -0.3 is 10.6 Å². The summed E-state index contributed by atoms with van der Waals surface area (Å²) in [5.74, 6) is -1.37. The van der Waals surface area contributed by atoms with E-state index in [4.69, 9.17) is 0 Å². The van der Waals surface area contributed by atoms with Crippen molar-refractivity contribution < 1.29 is 9.59 Å². The van der Waals surface area contributed by atoms with E-state index >= 15 is 0 Å². The number of carbonyl (C=O) groups is 2. The van der Waals surface area contributed by atoms with Crippen molar-refractivity contribution in [1.29, 1.82) is 0 Å². The third-order valence-electron chi connectivity index (χ3n) is 2.84. The van der Waals surface area contributed by atoms with E-state index < -0.39 is 11.8 Å². The molecule has 1 aromatic carbocycles. The number of amides is 2. The molecule has 0 bridgehead atoms. The molecule has 0 saturated carbocycles. The quantitative estimate of drug-likeness (QED) is 0.837. The molecule has 0 aliphatic heterocycles. The van der Waals surface area contributed by atoms with Crippen molar-refractivity contribution in [3.63, 3.8) is 0 Å². The van der Waals surface area contributed by atoms with Gasteiger partial charge in [0.1, 0.15) is 0 Å². The summed E-state index contributed by atoms with van der Waals surface area (Å²) in [7, 11) is 0. The van der Waals surface area contributed by atoms with Crippen LogP contribution in [0.1, 0.15) is 11.1 Å². The second kappa shape index (κ2) is 6.99. The first-order chi connectivity index (χ1) is 10.1. The Morgan fingerprint density at radius 3 is 2.52 bits per heavy atom. The zero-order chi connectivity index (χ0) is 15.2. The number of aromatic nitrogens is 1. The van der Waals surface area contributed by atoms with Gasteiger partial charge in [0.15, 0.2) is 0 Å². The molecule has 2 N–H and O–H groups in total. The van der Waals surface area contributed by atoms with E-state index in [1.165, 1.54) is 0 Å². The zero-order valence-corrected chi connectivity index (χ0v) is 13.0. The Hall–Kier alpha value is -2.21. The number of nitrogens with zero attached hydrogens (tertiary/aromatic N) is 1. The van der Waals surface area contributed by atoms with Gasteiger partial charge in [0.05, 0.1) is 0 Å². The van der Waals surface area contributed by atoms with E-state index in [-0.39, 0.29) is 6.54 Å². The summed E-state index contributed by atoms with van der Waals surface area (Å²) >= 11 is 3.38. The molecule has 0 aliphatic carbocycles. The van der Waals surface area contributed by atoms with E-state index in [0.29, 0.717) is 5.69 Å². The maximum absolute atomic E-state index is 11.8. The van der Waals surface area contributed by atoms with Crippen LogP contribution >= 0.6 is 15.9 Å². The van der Waals surface area contributed by atoms with Gasteiger partial charge in [0.2, 0.25) is 0 Å². The Balaban J connectivity index is 1.90. The minimum atomic E-state index is -0.695. The fourth-order valence-corrected chi connectivity index (χ4v) is 2.00. The van der Waals surface area contributed by atoms with Gasteiger partial charge in [-0.25, -0.2) is 0 Å². The first-order valence-corrected chi connectivity index (χ1v) is 7.10. The highest BCUT2D eigenvalue weighted by molar-refractivity contribution is 9.10. The molecule has 6 heteroatoms. The fourth-order valence-electron chi connectivity index (χ4n) is 1.62. The average Bonchev–Trinajstić information content (AvgIpc) is 2.49. The van der Waals surface area contributed by atoms with Gasteiger partial charge in [0.25, 0.3) is 0 Å². The molecular weight excluding hydrogens is 334 g/mol. The standard InChI is InChI=1S/C15H14BrN3O2/c1-10-2-3-12(8-13(10)16)19-15(21)14(20)18-9-11-4-6-17-7-5-11/h2-8H,9H2,1H3,(H,18,20)(H,19,21). The van der Waals surface area contributed by atoms with Crippen LogP contribution in [-0.4, -0.2) is 16.8 Å². The highest BCUT2D eigenvalue weighted by atomic mass is 79.9. The van der Waals surface area contributed by atoms with Crippen molar-refractivity contribution in [2.75, 3.05) is 5.32 Å². The van der Waals surface area contributed by atoms with Gasteiger partial charge in [-0.15, -0.1) is 0 Å². The highest BCUT2D eigenvalue weighted by Gasteiger charge is 2.13. The third kappa shape index (κ3) is 4.39. The number of hydrogen-bond donors (Lipinski definition) is 2. The Morgan fingerprint density at radius 1 is 1.14 bits per heavy atom. The summed E-state index contributed by atoms with van der Waals surface area (Å²) in [5.41, 5.74) is 2.50. The smallest absolute Gasteiger partial charge is 0.313 e. The number of nitrogens with one attached hydrogen (secondary N) is 2. The van der Waals surface area contributed by atoms with Crippen molar-refractivity contribution in [2.24, 2.45) is 0 Å². The minimum absolute atomic E-state index is 0.284. The lowest BCUT2D eigenvalue weighted by atomic mass is 10.2. The van der Waals surface area contributed by atoms with Crippen LogP contribution in [0.5, 0.6) is 0 Å². The Bertz CT molecular complexity index is 659. The lowest BCUT2D eigenvalue weighted by Crippen LogP contribution is -2.34. The van der Waals surface area contributed by atoms with Crippen molar-refractivity contribution in [3.05, 3.63) is 58.3 Å². The molecule has 1 heterocycles. The molecule has 2 rings (SSSR count). The summed E-state index contributed by atoms with van der Waals surface area (Å²) < 4.78 is 0.873. The number of anilines is 1. The Labute approximate surface area is 130 Å². The van der Waals surface area contributed by atoms with E-state index in [2.05, 4.69) is 31.5 Å². The molecule has 0 radical (unpaired) electrons. The molecule has 2 aromatic rings. The minimum Gasteiger partial charge on any atom is -0.344 e. The normalized spacial score (nSPS) is 10.0. The number of benzene rings is 1. The third-order valence-corrected chi connectivity index (χ3v) is 3.69. The molecule has 0 unspecified atom stereocenters. The van der Waals surface area contributed by atoms with Gasteiger partial charge in [-0.1, -0.05) is 22.0 Å². The SMILES string of the molecule is Cc1ccc(NC(=O)C(=O)NCc2ccncc2)cc1Br. The van der Waals surface area contributed by atoms with E-state index in [1.54, 1.807) is 36.7 Å². The number of halogens is 1. The largest absolute Gasteiger partial charge is 0.344 e. The summed E-state index contributed by atoms with van der Waals surface area (Å²) in [6.45, 7) is 2.23. The fraction of sp³-hybridized carbons (Fsp3) is 0.133. The molecule has 0 aliphatic rings. The van der Waals surface area contributed by atoms with Crippen LogP contribution in [0.4, 0.5) is 5.69 Å². The number of rotatable bonds is 3. The molecule has 21 heavy (non-hydrogen) atoms. The summed E-state index contributed by atoms with van der Waals surface area (Å²) in [5, 5.41) is 5.11. The maximum Gasteiger partial charge on any atom is 0.313 e. The predicted octanol–water partition coefficient (Wildman–Crippen LogP) is 2.41. The van der Waals surface area contributed by atoms with Crippen LogP contribution in [0.25, 0.3) is 0 Å². The maximum atomic E-state index is 11.8. The van der Waals surface area contributed by atoms with Crippen LogP contribution in [0.15, 0.2) is 47.2 Å². The first-order valence-electron chi connectivity index (χ1n) is 6.30. The number of hydrogen-bond acceptors (Lipinski definition) is 3. The van der Waals surface area contributed by atoms with Gasteiger partial charge >= 0.3 is 11.8 Å². The average molecular weight is 348 g/mol. The van der Waals surface area contributed by atoms with E-state index in [9.17, 15) is 9.59 Å². The monoisotopic (exact) mass is 347 g/mol. The Kier molecular flexibility index (Phi) is 5.05. The van der Waals surface area contributed by atoms with Crippen molar-refractivity contribution in [2.45, 2.75) is 13.5 Å². The highest BCUT2D eigenvalue weighted by Crippen LogP contribution is 2.20. The molecule has 5 nitrogen and oxygen atoms in total. The van der Waals surface area contributed by atoms with Crippen LogP contribution in [0.2, 0.25) is 0 Å². The summed E-state index contributed by atoms with van der Waals surface area (Å²) in [6, 6.07) is 8.90. The Morgan fingerprint density at radius 2 is 1.86 bits per heavy atom. The molecule has 1 aromatic heterocycles. The first kappa shape index (κ1) is 15.2. The lowest BCUT2D eigenvalue weighted by Gasteiger charge is -2.07. The second-order valence-electron chi connectivity index (χ2n) is 4.46. The van der Waals surface area contributed by atoms with Crippen LogP contribution < -0.4 is 10.6 Å². The number of pyridine rings is 1. The molecule has 2 amide bonds. The number of aryl methyl sites for hydroxylation is 1. The second-order valence-corrected chi connectivity index (χ2v) is 5.31. The topological polar surface area (TPSA) is 71.1 Å². The summed E-state index contributed by atoms with van der Waals surface area (Å²) in [4.78, 5) is 27.4. The lowest BCUT2D eigenvalue weighted by molar-refractivity contribution is -0.136.